The predicted molar refractivity (Wildman–Crippen MR) is 141 cm³/mol. The Bertz CT molecular complexity index is 1220. The van der Waals surface area contributed by atoms with Gasteiger partial charge in [0.1, 0.15) is 11.6 Å². The molecule has 2 aromatic carbocycles. The number of carbonyl (C=O) groups excluding carboxylic acids is 1. The van der Waals surface area contributed by atoms with Crippen molar-refractivity contribution in [3.05, 3.63) is 52.8 Å². The number of hydrogen-bond acceptors (Lipinski definition) is 5. The van der Waals surface area contributed by atoms with Crippen molar-refractivity contribution in [3.8, 4) is 0 Å². The molecule has 0 unspecified atom stereocenters. The SMILES string of the molecule is Cc1cc(CCN2CCN(c3nsc4ccc(F)cc34)CC2)cc2c1N(C)C(=O)CC2(C)C.Cl. The Morgan fingerprint density at radius 2 is 1.85 bits per heavy atom. The fourth-order valence-electron chi connectivity index (χ4n) is 5.27. The first-order chi connectivity index (χ1) is 15.7. The first-order valence-electron chi connectivity index (χ1n) is 11.7. The van der Waals surface area contributed by atoms with Gasteiger partial charge in [-0.05, 0) is 59.8 Å². The number of anilines is 2. The lowest BCUT2D eigenvalue weighted by molar-refractivity contribution is -0.119. The summed E-state index contributed by atoms with van der Waals surface area (Å²) in [6.45, 7) is 11.2. The smallest absolute Gasteiger partial charge is 0.227 e. The zero-order valence-electron chi connectivity index (χ0n) is 20.2. The second-order valence-corrected chi connectivity index (χ2v) is 10.9. The number of halogens is 2. The van der Waals surface area contributed by atoms with Crippen molar-refractivity contribution in [2.24, 2.45) is 0 Å². The van der Waals surface area contributed by atoms with Crippen LogP contribution in [0.3, 0.4) is 0 Å². The van der Waals surface area contributed by atoms with Crippen LogP contribution < -0.4 is 9.80 Å². The number of benzene rings is 2. The van der Waals surface area contributed by atoms with Gasteiger partial charge in [-0.25, -0.2) is 4.39 Å². The highest BCUT2D eigenvalue weighted by Crippen LogP contribution is 2.42. The fraction of sp³-hybridized carbons (Fsp3) is 0.462. The van der Waals surface area contributed by atoms with Gasteiger partial charge in [0.15, 0.2) is 0 Å². The van der Waals surface area contributed by atoms with Crippen molar-refractivity contribution >= 4 is 51.4 Å². The third-order valence-corrected chi connectivity index (χ3v) is 8.01. The number of nitrogens with zero attached hydrogens (tertiary/aromatic N) is 4. The molecule has 0 spiro atoms. The lowest BCUT2D eigenvalue weighted by atomic mass is 9.75. The Balaban J connectivity index is 0.00000274. The Hall–Kier alpha value is -2.22. The van der Waals surface area contributed by atoms with Gasteiger partial charge in [-0.15, -0.1) is 12.4 Å². The first kappa shape index (κ1) is 24.9. The standard InChI is InChI=1S/C26H31FN4OS.ClH/c1-17-13-18(14-21-24(17)29(4)23(32)16-26(21,2)3)7-8-30-9-11-31(12-10-30)25-20-15-19(27)5-6-22(20)33-28-25;/h5-6,13-15H,7-12,16H2,1-4H3;1H. The van der Waals surface area contributed by atoms with Gasteiger partial charge < -0.3 is 9.80 Å². The van der Waals surface area contributed by atoms with Crippen LogP contribution in [0.15, 0.2) is 30.3 Å². The number of carbonyl (C=O) groups is 1. The summed E-state index contributed by atoms with van der Waals surface area (Å²) in [6.07, 6.45) is 1.54. The van der Waals surface area contributed by atoms with Gasteiger partial charge in [-0.3, -0.25) is 9.69 Å². The summed E-state index contributed by atoms with van der Waals surface area (Å²) < 4.78 is 19.4. The van der Waals surface area contributed by atoms with E-state index in [0.29, 0.717) is 6.42 Å². The number of amides is 1. The Morgan fingerprint density at radius 3 is 2.59 bits per heavy atom. The summed E-state index contributed by atoms with van der Waals surface area (Å²) in [5.41, 5.74) is 4.75. The minimum atomic E-state index is -0.207. The van der Waals surface area contributed by atoms with Gasteiger partial charge in [0, 0.05) is 62.7 Å². The Labute approximate surface area is 211 Å². The second-order valence-electron chi connectivity index (χ2n) is 10.0. The van der Waals surface area contributed by atoms with E-state index in [-0.39, 0.29) is 29.5 Å². The third-order valence-electron chi connectivity index (χ3n) is 7.19. The molecule has 0 N–H and O–H groups in total. The molecule has 0 saturated carbocycles. The molecule has 1 fully saturated rings. The van der Waals surface area contributed by atoms with Crippen molar-refractivity contribution in [2.75, 3.05) is 49.6 Å². The van der Waals surface area contributed by atoms with E-state index in [4.69, 9.17) is 0 Å². The largest absolute Gasteiger partial charge is 0.353 e. The number of rotatable bonds is 4. The van der Waals surface area contributed by atoms with E-state index in [1.165, 1.54) is 34.3 Å². The van der Waals surface area contributed by atoms with Crippen LogP contribution in [0.25, 0.3) is 10.1 Å². The van der Waals surface area contributed by atoms with Gasteiger partial charge in [0.2, 0.25) is 5.91 Å². The van der Waals surface area contributed by atoms with Crippen molar-refractivity contribution in [1.29, 1.82) is 0 Å². The van der Waals surface area contributed by atoms with Crippen LogP contribution in [0.2, 0.25) is 0 Å². The molecule has 182 valence electrons. The van der Waals surface area contributed by atoms with Crippen LogP contribution in [0, 0.1) is 12.7 Å². The molecule has 1 aromatic heterocycles. The summed E-state index contributed by atoms with van der Waals surface area (Å²) in [7, 11) is 1.89. The third kappa shape index (κ3) is 4.53. The molecule has 1 amide bonds. The number of aromatic nitrogens is 1. The van der Waals surface area contributed by atoms with E-state index in [1.54, 1.807) is 6.07 Å². The van der Waals surface area contributed by atoms with E-state index in [1.807, 2.05) is 18.0 Å². The normalized spacial score (nSPS) is 18.2. The summed E-state index contributed by atoms with van der Waals surface area (Å²) in [6, 6.07) is 9.48. The molecule has 5 nitrogen and oxygen atoms in total. The first-order valence-corrected chi connectivity index (χ1v) is 12.4. The molecule has 2 aliphatic rings. The van der Waals surface area contributed by atoms with Gasteiger partial charge in [-0.2, -0.15) is 4.37 Å². The summed E-state index contributed by atoms with van der Waals surface area (Å²) in [5, 5.41) is 0.920. The van der Waals surface area contributed by atoms with Crippen LogP contribution >= 0.6 is 23.9 Å². The Morgan fingerprint density at radius 1 is 1.12 bits per heavy atom. The highest BCUT2D eigenvalue weighted by atomic mass is 35.5. The van der Waals surface area contributed by atoms with Gasteiger partial charge in [-0.1, -0.05) is 26.0 Å². The molecular formula is C26H32ClFN4OS. The molecule has 34 heavy (non-hydrogen) atoms. The highest BCUT2D eigenvalue weighted by molar-refractivity contribution is 7.13. The van der Waals surface area contributed by atoms with Crippen molar-refractivity contribution in [1.82, 2.24) is 9.27 Å². The molecule has 0 aliphatic carbocycles. The van der Waals surface area contributed by atoms with Crippen LogP contribution in [-0.2, 0) is 16.6 Å². The van der Waals surface area contributed by atoms with Gasteiger partial charge >= 0.3 is 0 Å². The molecule has 0 radical (unpaired) electrons. The van der Waals surface area contributed by atoms with Crippen molar-refractivity contribution in [3.63, 3.8) is 0 Å². The van der Waals surface area contributed by atoms with Crippen LogP contribution in [0.1, 0.15) is 37.0 Å². The van der Waals surface area contributed by atoms with Crippen molar-refractivity contribution < 1.29 is 9.18 Å². The summed E-state index contributed by atoms with van der Waals surface area (Å²) in [5.74, 6) is 0.902. The maximum absolute atomic E-state index is 13.7. The average molecular weight is 503 g/mol. The molecule has 0 atom stereocenters. The lowest BCUT2D eigenvalue weighted by Crippen LogP contribution is -2.47. The minimum Gasteiger partial charge on any atom is -0.353 e. The number of piperazine rings is 1. The second kappa shape index (κ2) is 9.44. The van der Waals surface area contributed by atoms with Crippen molar-refractivity contribution in [2.45, 2.75) is 39.0 Å². The maximum Gasteiger partial charge on any atom is 0.227 e. The Kier molecular flexibility index (Phi) is 6.91. The maximum atomic E-state index is 13.7. The minimum absolute atomic E-state index is 0. The topological polar surface area (TPSA) is 39.7 Å². The molecule has 2 aliphatic heterocycles. The summed E-state index contributed by atoms with van der Waals surface area (Å²) in [4.78, 5) is 19.0. The fourth-order valence-corrected chi connectivity index (χ4v) is 6.05. The van der Waals surface area contributed by atoms with E-state index in [0.717, 1.165) is 60.7 Å². The number of fused-ring (bicyclic) bond motifs is 2. The number of aryl methyl sites for hydroxylation is 1. The van der Waals surface area contributed by atoms with Gasteiger partial charge in [0.05, 0.1) is 4.70 Å². The van der Waals surface area contributed by atoms with E-state index >= 15 is 0 Å². The molecule has 1 saturated heterocycles. The van der Waals surface area contributed by atoms with E-state index in [9.17, 15) is 9.18 Å². The monoisotopic (exact) mass is 502 g/mol. The zero-order valence-corrected chi connectivity index (χ0v) is 21.9. The quantitative estimate of drug-likeness (QED) is 0.493. The molecule has 3 heterocycles. The predicted octanol–water partition coefficient (Wildman–Crippen LogP) is 5.17. The molecule has 0 bridgehead atoms. The lowest BCUT2D eigenvalue weighted by Gasteiger charge is -2.38. The molecule has 3 aromatic rings. The zero-order chi connectivity index (χ0) is 23.3. The van der Waals surface area contributed by atoms with Crippen LogP contribution in [0.4, 0.5) is 15.9 Å². The molecule has 8 heteroatoms. The molecular weight excluding hydrogens is 471 g/mol. The van der Waals surface area contributed by atoms with Crippen LogP contribution in [0.5, 0.6) is 0 Å². The van der Waals surface area contributed by atoms with Crippen LogP contribution in [-0.4, -0.2) is 55.0 Å². The molecule has 5 rings (SSSR count). The summed E-state index contributed by atoms with van der Waals surface area (Å²) >= 11 is 1.44. The van der Waals surface area contributed by atoms with E-state index < -0.39 is 0 Å². The van der Waals surface area contributed by atoms with E-state index in [2.05, 4.69) is 47.1 Å². The van der Waals surface area contributed by atoms with Gasteiger partial charge in [0.25, 0.3) is 0 Å². The highest BCUT2D eigenvalue weighted by Gasteiger charge is 2.36. The average Bonchev–Trinajstić information content (AvgIpc) is 3.19. The number of hydrogen-bond donors (Lipinski definition) is 0.